The first-order valence-electron chi connectivity index (χ1n) is 7.42. The molecule has 2 rings (SSSR count). The van der Waals surface area contributed by atoms with Crippen molar-refractivity contribution >= 4 is 54.1 Å². The number of sulfone groups is 1. The van der Waals surface area contributed by atoms with E-state index in [0.717, 1.165) is 24.1 Å². The number of halogens is 1. The first-order valence-corrected chi connectivity index (χ1v) is 12.0. The molecule has 0 aliphatic rings. The zero-order valence-electron chi connectivity index (χ0n) is 14.6. The quantitative estimate of drug-likeness (QED) is 0.704. The molecule has 0 unspecified atom stereocenters. The second kappa shape index (κ2) is 8.09. The van der Waals surface area contributed by atoms with Gasteiger partial charge in [0.2, 0.25) is 0 Å². The third kappa shape index (κ3) is 5.61. The topological polar surface area (TPSA) is 101 Å². The van der Waals surface area contributed by atoms with Gasteiger partial charge in [0.25, 0.3) is 15.3 Å². The minimum atomic E-state index is -4.14. The van der Waals surface area contributed by atoms with Crippen LogP contribution in [0.1, 0.15) is 0 Å². The maximum absolute atomic E-state index is 12.7. The Morgan fingerprint density at radius 1 is 1.07 bits per heavy atom. The maximum Gasteiger partial charge on any atom is 0.285 e. The van der Waals surface area contributed by atoms with Gasteiger partial charge in [-0.05, 0) is 48.2 Å². The first kappa shape index (κ1) is 21.5. The van der Waals surface area contributed by atoms with Gasteiger partial charge in [0.05, 0.1) is 9.92 Å². The van der Waals surface area contributed by atoms with Crippen LogP contribution >= 0.6 is 23.4 Å². The van der Waals surface area contributed by atoms with Crippen LogP contribution < -0.4 is 4.72 Å². The summed E-state index contributed by atoms with van der Waals surface area (Å²) in [5.41, 5.74) is 0.215. The molecule has 0 aliphatic carbocycles. The number of hydrogen-bond acceptors (Lipinski definition) is 6. The van der Waals surface area contributed by atoms with Crippen molar-refractivity contribution in [2.24, 2.45) is 0 Å². The summed E-state index contributed by atoms with van der Waals surface area (Å²) in [6.45, 7) is 0. The molecule has 0 radical (unpaired) electrons. The summed E-state index contributed by atoms with van der Waals surface area (Å²) < 4.78 is 51.1. The molecular weight excluding hydrogens is 432 g/mol. The lowest BCUT2D eigenvalue weighted by molar-refractivity contribution is 0.241. The smallest absolute Gasteiger partial charge is 0.285 e. The zero-order valence-corrected chi connectivity index (χ0v) is 17.8. The number of amides is 1. The Kier molecular flexibility index (Phi) is 6.46. The highest BCUT2D eigenvalue weighted by Gasteiger charge is 2.21. The fourth-order valence-corrected chi connectivity index (χ4v) is 4.96. The van der Waals surface area contributed by atoms with Crippen LogP contribution in [0.5, 0.6) is 0 Å². The molecule has 146 valence electrons. The average molecular weight is 449 g/mol. The summed E-state index contributed by atoms with van der Waals surface area (Å²) in [6, 6.07) is 9.73. The molecule has 7 nitrogen and oxygen atoms in total. The van der Waals surface area contributed by atoms with Crippen molar-refractivity contribution in [2.45, 2.75) is 14.7 Å². The molecule has 1 amide bonds. The molecular formula is C16H17ClN2O5S3. The van der Waals surface area contributed by atoms with E-state index in [9.17, 15) is 21.6 Å². The second-order valence-corrected chi connectivity index (χ2v) is 10.9. The van der Waals surface area contributed by atoms with E-state index in [1.807, 2.05) is 0 Å². The Morgan fingerprint density at radius 2 is 1.74 bits per heavy atom. The molecule has 0 aromatic heterocycles. The van der Waals surface area contributed by atoms with Crippen molar-refractivity contribution < 1.29 is 21.6 Å². The second-order valence-electron chi connectivity index (χ2n) is 5.76. The molecule has 2 aromatic carbocycles. The number of carbonyl (C=O) groups is 1. The summed E-state index contributed by atoms with van der Waals surface area (Å²) in [4.78, 5) is 13.2. The SMILES string of the molecule is CN(C)C(=O)Sc1cccc(NS(=O)(=O)c2cc(S(C)(=O)=O)ccc2Cl)c1. The Balaban J connectivity index is 2.36. The van der Waals surface area contributed by atoms with Crippen LogP contribution in [0.4, 0.5) is 10.5 Å². The van der Waals surface area contributed by atoms with E-state index < -0.39 is 19.9 Å². The molecule has 0 heterocycles. The van der Waals surface area contributed by atoms with E-state index in [2.05, 4.69) is 4.72 Å². The molecule has 0 saturated carbocycles. The minimum Gasteiger partial charge on any atom is -0.339 e. The molecule has 2 aromatic rings. The molecule has 27 heavy (non-hydrogen) atoms. The number of sulfonamides is 1. The standard InChI is InChI=1S/C16H17ClN2O5S3/c1-19(2)16(20)25-12-6-4-5-11(9-12)18-27(23,24)15-10-13(26(3,21)22)7-8-14(15)17/h4-10,18H,1-3H3. The summed E-state index contributed by atoms with van der Waals surface area (Å²) in [7, 11) is -4.52. The van der Waals surface area contributed by atoms with Crippen LogP contribution in [0.25, 0.3) is 0 Å². The van der Waals surface area contributed by atoms with Gasteiger partial charge in [0.15, 0.2) is 9.84 Å². The number of anilines is 1. The summed E-state index contributed by atoms with van der Waals surface area (Å²) in [5, 5.41) is -0.317. The van der Waals surface area contributed by atoms with E-state index in [1.54, 1.807) is 26.2 Å². The highest BCUT2D eigenvalue weighted by atomic mass is 35.5. The first-order chi connectivity index (χ1) is 12.4. The number of benzene rings is 2. The number of nitrogens with one attached hydrogen (secondary N) is 1. The predicted octanol–water partition coefficient (Wildman–Crippen LogP) is 3.32. The lowest BCUT2D eigenvalue weighted by Gasteiger charge is -2.12. The van der Waals surface area contributed by atoms with Crippen molar-refractivity contribution in [3.8, 4) is 0 Å². The van der Waals surface area contributed by atoms with Crippen molar-refractivity contribution in [3.63, 3.8) is 0 Å². The number of nitrogens with zero attached hydrogens (tertiary/aromatic N) is 1. The maximum atomic E-state index is 12.7. The number of thioether (sulfide) groups is 1. The van der Waals surface area contributed by atoms with Gasteiger partial charge in [-0.3, -0.25) is 9.52 Å². The number of carbonyl (C=O) groups excluding carboxylic acids is 1. The monoisotopic (exact) mass is 448 g/mol. The molecule has 1 N–H and O–H groups in total. The highest BCUT2D eigenvalue weighted by Crippen LogP contribution is 2.28. The Bertz CT molecular complexity index is 1080. The van der Waals surface area contributed by atoms with Crippen molar-refractivity contribution in [1.29, 1.82) is 0 Å². The Morgan fingerprint density at radius 3 is 2.33 bits per heavy atom. The third-order valence-corrected chi connectivity index (χ3v) is 7.28. The van der Waals surface area contributed by atoms with Gasteiger partial charge in [-0.1, -0.05) is 17.7 Å². The molecule has 0 bridgehead atoms. The Hall–Kier alpha value is -1.75. The van der Waals surface area contributed by atoms with E-state index in [-0.39, 0.29) is 25.7 Å². The number of rotatable bonds is 5. The van der Waals surface area contributed by atoms with Gasteiger partial charge < -0.3 is 4.90 Å². The van der Waals surface area contributed by atoms with Gasteiger partial charge in [-0.25, -0.2) is 16.8 Å². The molecule has 0 fully saturated rings. The van der Waals surface area contributed by atoms with E-state index in [0.29, 0.717) is 4.90 Å². The average Bonchev–Trinajstić information content (AvgIpc) is 2.53. The van der Waals surface area contributed by atoms with Gasteiger partial charge in [-0.2, -0.15) is 0 Å². The van der Waals surface area contributed by atoms with Crippen LogP contribution in [-0.4, -0.2) is 47.3 Å². The predicted molar refractivity (Wildman–Crippen MR) is 107 cm³/mol. The lowest BCUT2D eigenvalue weighted by Crippen LogP contribution is -2.16. The van der Waals surface area contributed by atoms with Gasteiger partial charge in [-0.15, -0.1) is 0 Å². The van der Waals surface area contributed by atoms with E-state index in [4.69, 9.17) is 11.6 Å². The van der Waals surface area contributed by atoms with Gasteiger partial charge in [0.1, 0.15) is 4.90 Å². The fraction of sp³-hybridized carbons (Fsp3) is 0.188. The summed E-state index contributed by atoms with van der Waals surface area (Å²) in [6.07, 6.45) is 0.975. The molecule has 0 spiro atoms. The van der Waals surface area contributed by atoms with Gasteiger partial charge >= 0.3 is 0 Å². The van der Waals surface area contributed by atoms with Gasteiger partial charge in [0, 0.05) is 30.9 Å². The molecule has 0 aliphatic heterocycles. The van der Waals surface area contributed by atoms with E-state index in [1.165, 1.54) is 29.2 Å². The van der Waals surface area contributed by atoms with Crippen molar-refractivity contribution in [2.75, 3.05) is 25.1 Å². The number of hydrogen-bond donors (Lipinski definition) is 1. The largest absolute Gasteiger partial charge is 0.339 e. The lowest BCUT2D eigenvalue weighted by atomic mass is 10.3. The van der Waals surface area contributed by atoms with Crippen LogP contribution in [0.3, 0.4) is 0 Å². The molecule has 11 heteroatoms. The van der Waals surface area contributed by atoms with Crippen molar-refractivity contribution in [1.82, 2.24) is 4.90 Å². The summed E-state index contributed by atoms with van der Waals surface area (Å²) in [5.74, 6) is 0. The molecule has 0 atom stereocenters. The van der Waals surface area contributed by atoms with Crippen LogP contribution in [0.2, 0.25) is 5.02 Å². The van der Waals surface area contributed by atoms with Crippen LogP contribution in [0, 0.1) is 0 Å². The van der Waals surface area contributed by atoms with Crippen LogP contribution in [0.15, 0.2) is 57.2 Å². The zero-order chi connectivity index (χ0) is 20.4. The van der Waals surface area contributed by atoms with E-state index >= 15 is 0 Å². The Labute approximate surface area is 167 Å². The minimum absolute atomic E-state index is 0.108. The summed E-state index contributed by atoms with van der Waals surface area (Å²) >= 11 is 6.91. The third-order valence-electron chi connectivity index (χ3n) is 3.28. The normalized spacial score (nSPS) is 11.9. The fourth-order valence-electron chi connectivity index (χ4n) is 1.95. The van der Waals surface area contributed by atoms with Crippen molar-refractivity contribution in [3.05, 3.63) is 47.5 Å². The van der Waals surface area contributed by atoms with Crippen LogP contribution in [-0.2, 0) is 19.9 Å². The molecule has 0 saturated heterocycles. The highest BCUT2D eigenvalue weighted by molar-refractivity contribution is 8.13.